The number of ether oxygens (including phenoxy) is 2. The fourth-order valence-corrected chi connectivity index (χ4v) is 2.62. The zero-order chi connectivity index (χ0) is 17.6. The van der Waals surface area contributed by atoms with Crippen LogP contribution >= 0.6 is 0 Å². The SMILES string of the molecule is CN(CCC(=O)Nc1ccc2c(c1)OCCO2)Cc1ccc(F)cc1. The minimum Gasteiger partial charge on any atom is -0.486 e. The van der Waals surface area contributed by atoms with Crippen LogP contribution in [0.3, 0.4) is 0 Å². The van der Waals surface area contributed by atoms with E-state index in [0.717, 1.165) is 5.56 Å². The summed E-state index contributed by atoms with van der Waals surface area (Å²) in [5.74, 6) is 1.04. The van der Waals surface area contributed by atoms with Gasteiger partial charge in [0.15, 0.2) is 11.5 Å². The van der Waals surface area contributed by atoms with Crippen LogP contribution in [0.1, 0.15) is 12.0 Å². The summed E-state index contributed by atoms with van der Waals surface area (Å²) in [6.45, 7) is 2.32. The van der Waals surface area contributed by atoms with Gasteiger partial charge < -0.3 is 19.7 Å². The molecule has 0 aromatic heterocycles. The van der Waals surface area contributed by atoms with E-state index in [1.54, 1.807) is 30.3 Å². The highest BCUT2D eigenvalue weighted by Gasteiger charge is 2.13. The highest BCUT2D eigenvalue weighted by Crippen LogP contribution is 2.32. The van der Waals surface area contributed by atoms with Gasteiger partial charge in [-0.1, -0.05) is 12.1 Å². The van der Waals surface area contributed by atoms with E-state index in [9.17, 15) is 9.18 Å². The molecule has 3 rings (SSSR count). The standard InChI is InChI=1S/C19H21FN2O3/c1-22(13-14-2-4-15(20)5-3-14)9-8-19(23)21-16-6-7-17-18(12-16)25-11-10-24-17/h2-7,12H,8-11,13H2,1H3,(H,21,23). The first-order chi connectivity index (χ1) is 12.1. The number of carbonyl (C=O) groups is 1. The maximum absolute atomic E-state index is 12.9. The number of anilines is 1. The van der Waals surface area contributed by atoms with Crippen LogP contribution in [0.5, 0.6) is 11.5 Å². The Bertz CT molecular complexity index is 734. The molecule has 1 N–H and O–H groups in total. The molecule has 0 saturated heterocycles. The van der Waals surface area contributed by atoms with Gasteiger partial charge in [-0.25, -0.2) is 4.39 Å². The van der Waals surface area contributed by atoms with Crippen LogP contribution in [0.25, 0.3) is 0 Å². The number of carbonyl (C=O) groups excluding carboxylic acids is 1. The number of rotatable bonds is 6. The van der Waals surface area contributed by atoms with Crippen LogP contribution < -0.4 is 14.8 Å². The van der Waals surface area contributed by atoms with Gasteiger partial charge in [-0.2, -0.15) is 0 Å². The maximum atomic E-state index is 12.9. The molecular weight excluding hydrogens is 323 g/mol. The predicted octanol–water partition coefficient (Wildman–Crippen LogP) is 3.06. The third kappa shape index (κ3) is 4.93. The zero-order valence-corrected chi connectivity index (χ0v) is 14.1. The molecular formula is C19H21FN2O3. The van der Waals surface area contributed by atoms with Gasteiger partial charge in [0.2, 0.25) is 5.91 Å². The monoisotopic (exact) mass is 344 g/mol. The minimum absolute atomic E-state index is 0.0670. The molecule has 132 valence electrons. The van der Waals surface area contributed by atoms with Gasteiger partial charge in [0.1, 0.15) is 19.0 Å². The zero-order valence-electron chi connectivity index (χ0n) is 14.1. The first kappa shape index (κ1) is 17.2. The lowest BCUT2D eigenvalue weighted by molar-refractivity contribution is -0.116. The van der Waals surface area contributed by atoms with Crippen molar-refractivity contribution in [2.45, 2.75) is 13.0 Å². The van der Waals surface area contributed by atoms with Gasteiger partial charge in [-0.15, -0.1) is 0 Å². The summed E-state index contributed by atoms with van der Waals surface area (Å²) in [4.78, 5) is 14.1. The van der Waals surface area contributed by atoms with E-state index in [1.165, 1.54) is 12.1 Å². The summed E-state index contributed by atoms with van der Waals surface area (Å²) < 4.78 is 23.9. The van der Waals surface area contributed by atoms with Crippen LogP contribution in [0.2, 0.25) is 0 Å². The Morgan fingerprint density at radius 2 is 1.84 bits per heavy atom. The van der Waals surface area contributed by atoms with Crippen molar-refractivity contribution in [2.24, 2.45) is 0 Å². The summed E-state index contributed by atoms with van der Waals surface area (Å²) in [6, 6.07) is 11.8. The average molecular weight is 344 g/mol. The van der Waals surface area contributed by atoms with Crippen LogP contribution in [0.15, 0.2) is 42.5 Å². The fourth-order valence-electron chi connectivity index (χ4n) is 2.62. The number of benzene rings is 2. The molecule has 1 aliphatic heterocycles. The van der Waals surface area contributed by atoms with E-state index in [0.29, 0.717) is 49.9 Å². The lowest BCUT2D eigenvalue weighted by atomic mass is 10.2. The van der Waals surface area contributed by atoms with Crippen molar-refractivity contribution < 1.29 is 18.7 Å². The van der Waals surface area contributed by atoms with Crippen molar-refractivity contribution in [1.82, 2.24) is 4.90 Å². The predicted molar refractivity (Wildman–Crippen MR) is 93.4 cm³/mol. The number of nitrogens with zero attached hydrogens (tertiary/aromatic N) is 1. The summed E-state index contributed by atoms with van der Waals surface area (Å²) in [7, 11) is 1.93. The Morgan fingerprint density at radius 3 is 2.60 bits per heavy atom. The van der Waals surface area contributed by atoms with Crippen LogP contribution in [-0.2, 0) is 11.3 Å². The van der Waals surface area contributed by atoms with Crippen molar-refractivity contribution in [3.8, 4) is 11.5 Å². The van der Waals surface area contributed by atoms with E-state index < -0.39 is 0 Å². The normalized spacial score (nSPS) is 12.9. The minimum atomic E-state index is -0.245. The Morgan fingerprint density at radius 1 is 1.12 bits per heavy atom. The average Bonchev–Trinajstić information content (AvgIpc) is 2.62. The molecule has 1 heterocycles. The van der Waals surface area contributed by atoms with E-state index in [-0.39, 0.29) is 11.7 Å². The van der Waals surface area contributed by atoms with E-state index in [1.807, 2.05) is 11.9 Å². The van der Waals surface area contributed by atoms with Crippen molar-refractivity contribution in [3.63, 3.8) is 0 Å². The van der Waals surface area contributed by atoms with E-state index >= 15 is 0 Å². The second kappa shape index (κ2) is 7.98. The highest BCUT2D eigenvalue weighted by atomic mass is 19.1. The molecule has 1 aliphatic rings. The van der Waals surface area contributed by atoms with Gasteiger partial charge in [0.05, 0.1) is 0 Å². The van der Waals surface area contributed by atoms with Crippen LogP contribution in [-0.4, -0.2) is 37.6 Å². The number of nitrogens with one attached hydrogen (secondary N) is 1. The van der Waals surface area contributed by atoms with Gasteiger partial charge in [-0.05, 0) is 36.9 Å². The molecule has 25 heavy (non-hydrogen) atoms. The summed E-state index contributed by atoms with van der Waals surface area (Å²) >= 11 is 0. The second-order valence-corrected chi connectivity index (χ2v) is 6.02. The molecule has 5 nitrogen and oxygen atoms in total. The van der Waals surface area contributed by atoms with Gasteiger partial charge >= 0.3 is 0 Å². The first-order valence-corrected chi connectivity index (χ1v) is 8.22. The number of amides is 1. The number of fused-ring (bicyclic) bond motifs is 1. The van der Waals surface area contributed by atoms with Crippen molar-refractivity contribution in [1.29, 1.82) is 0 Å². The Labute approximate surface area is 146 Å². The Balaban J connectivity index is 1.46. The first-order valence-electron chi connectivity index (χ1n) is 8.22. The molecule has 0 spiro atoms. The molecule has 1 amide bonds. The fraction of sp³-hybridized carbons (Fsp3) is 0.316. The maximum Gasteiger partial charge on any atom is 0.225 e. The Hall–Kier alpha value is -2.60. The molecule has 6 heteroatoms. The smallest absolute Gasteiger partial charge is 0.225 e. The summed E-state index contributed by atoms with van der Waals surface area (Å²) in [5, 5.41) is 2.87. The van der Waals surface area contributed by atoms with Gasteiger partial charge in [0, 0.05) is 31.3 Å². The number of halogens is 1. The lowest BCUT2D eigenvalue weighted by Crippen LogP contribution is -2.24. The van der Waals surface area contributed by atoms with Crippen LogP contribution in [0, 0.1) is 5.82 Å². The molecule has 0 aliphatic carbocycles. The van der Waals surface area contributed by atoms with Crippen molar-refractivity contribution in [2.75, 3.05) is 32.1 Å². The van der Waals surface area contributed by atoms with E-state index in [4.69, 9.17) is 9.47 Å². The summed E-state index contributed by atoms with van der Waals surface area (Å²) in [5.41, 5.74) is 1.70. The van der Waals surface area contributed by atoms with Gasteiger partial charge in [0.25, 0.3) is 0 Å². The number of hydrogen-bond donors (Lipinski definition) is 1. The molecule has 0 atom stereocenters. The molecule has 0 radical (unpaired) electrons. The van der Waals surface area contributed by atoms with Gasteiger partial charge in [-0.3, -0.25) is 4.79 Å². The molecule has 2 aromatic carbocycles. The largest absolute Gasteiger partial charge is 0.486 e. The third-order valence-electron chi connectivity index (χ3n) is 3.91. The molecule has 2 aromatic rings. The number of hydrogen-bond acceptors (Lipinski definition) is 4. The second-order valence-electron chi connectivity index (χ2n) is 6.02. The molecule has 0 bridgehead atoms. The third-order valence-corrected chi connectivity index (χ3v) is 3.91. The molecule has 0 fully saturated rings. The topological polar surface area (TPSA) is 50.8 Å². The lowest BCUT2D eigenvalue weighted by Gasteiger charge is -2.19. The quantitative estimate of drug-likeness (QED) is 0.875. The van der Waals surface area contributed by atoms with Crippen LogP contribution in [0.4, 0.5) is 10.1 Å². The van der Waals surface area contributed by atoms with Crippen molar-refractivity contribution in [3.05, 3.63) is 53.8 Å². The van der Waals surface area contributed by atoms with Crippen molar-refractivity contribution >= 4 is 11.6 Å². The summed E-state index contributed by atoms with van der Waals surface area (Å²) in [6.07, 6.45) is 0.367. The Kier molecular flexibility index (Phi) is 5.50. The molecule has 0 saturated carbocycles. The molecule has 0 unspecified atom stereocenters. The van der Waals surface area contributed by atoms with E-state index in [2.05, 4.69) is 5.32 Å². The highest BCUT2D eigenvalue weighted by molar-refractivity contribution is 5.91.